The lowest BCUT2D eigenvalue weighted by molar-refractivity contribution is -0.166. The Bertz CT molecular complexity index is 1320. The molecule has 0 spiro atoms. The van der Waals surface area contributed by atoms with Crippen molar-refractivity contribution in [2.45, 2.75) is 309 Å². The molecule has 6 nitrogen and oxygen atoms in total. The van der Waals surface area contributed by atoms with Crippen LogP contribution in [0.5, 0.6) is 0 Å². The summed E-state index contributed by atoms with van der Waals surface area (Å²) in [6.45, 7) is 6.58. The van der Waals surface area contributed by atoms with Gasteiger partial charge in [0.25, 0.3) is 0 Å². The summed E-state index contributed by atoms with van der Waals surface area (Å²) in [4.78, 5) is 38.2. The van der Waals surface area contributed by atoms with Gasteiger partial charge < -0.3 is 14.2 Å². The summed E-state index contributed by atoms with van der Waals surface area (Å²) in [6, 6.07) is 0. The van der Waals surface area contributed by atoms with E-state index in [0.29, 0.717) is 19.3 Å². The highest BCUT2D eigenvalue weighted by Gasteiger charge is 2.19. The minimum absolute atomic E-state index is 0.0972. The minimum atomic E-state index is -0.807. The molecule has 0 heterocycles. The molecule has 0 aromatic carbocycles. The molecule has 0 rings (SSSR count). The van der Waals surface area contributed by atoms with Crippen LogP contribution in [-0.2, 0) is 28.6 Å². The maximum atomic E-state index is 12.9. The number of ether oxygens (including phenoxy) is 3. The molecule has 0 saturated carbocycles. The summed E-state index contributed by atoms with van der Waals surface area (Å²) < 4.78 is 16.8. The highest BCUT2D eigenvalue weighted by atomic mass is 16.6. The summed E-state index contributed by atoms with van der Waals surface area (Å²) in [5.74, 6) is -0.975. The first-order valence-electron chi connectivity index (χ1n) is 30.4. The van der Waals surface area contributed by atoms with Gasteiger partial charge in [-0.05, 0) is 83.5 Å². The zero-order valence-electron chi connectivity index (χ0n) is 47.0. The van der Waals surface area contributed by atoms with Crippen LogP contribution < -0.4 is 0 Å². The van der Waals surface area contributed by atoms with Crippen molar-refractivity contribution in [1.29, 1.82) is 0 Å². The van der Waals surface area contributed by atoms with Gasteiger partial charge >= 0.3 is 17.9 Å². The molecular formula is C65H114O6. The molecule has 0 aliphatic carbocycles. The topological polar surface area (TPSA) is 78.9 Å². The normalized spacial score (nSPS) is 12.5. The molecule has 6 heteroatoms. The molecule has 0 saturated heterocycles. The molecule has 0 unspecified atom stereocenters. The van der Waals surface area contributed by atoms with Gasteiger partial charge in [0.1, 0.15) is 13.2 Å². The van der Waals surface area contributed by atoms with Crippen LogP contribution in [0.3, 0.4) is 0 Å². The number of carbonyl (C=O) groups is 3. The highest BCUT2D eigenvalue weighted by Crippen LogP contribution is 2.16. The average molecular weight is 992 g/mol. The largest absolute Gasteiger partial charge is 0.462 e. The molecule has 0 bridgehead atoms. The Morgan fingerprint density at radius 3 is 0.915 bits per heavy atom. The summed E-state index contributed by atoms with van der Waals surface area (Å²) in [6.07, 6.45) is 76.2. The highest BCUT2D eigenvalue weighted by molar-refractivity contribution is 5.71. The third-order valence-corrected chi connectivity index (χ3v) is 13.2. The van der Waals surface area contributed by atoms with Crippen molar-refractivity contribution in [1.82, 2.24) is 0 Å². The fourth-order valence-corrected chi connectivity index (χ4v) is 8.60. The zero-order valence-corrected chi connectivity index (χ0v) is 47.0. The van der Waals surface area contributed by atoms with Crippen LogP contribution in [0.4, 0.5) is 0 Å². The number of carbonyl (C=O) groups excluding carboxylic acids is 3. The van der Waals surface area contributed by atoms with Crippen LogP contribution >= 0.6 is 0 Å². The molecule has 0 aromatic rings. The predicted molar refractivity (Wildman–Crippen MR) is 307 cm³/mol. The van der Waals surface area contributed by atoms with E-state index in [4.69, 9.17) is 14.2 Å². The van der Waals surface area contributed by atoms with Gasteiger partial charge in [-0.15, -0.1) is 0 Å². The fraction of sp³-hybridized carbons (Fsp3) is 0.769. The van der Waals surface area contributed by atoms with E-state index < -0.39 is 6.10 Å². The van der Waals surface area contributed by atoms with Crippen LogP contribution in [-0.4, -0.2) is 37.2 Å². The molecule has 0 N–H and O–H groups in total. The maximum absolute atomic E-state index is 12.9. The fourth-order valence-electron chi connectivity index (χ4n) is 8.60. The molecule has 0 aliphatic heterocycles. The van der Waals surface area contributed by atoms with E-state index in [1.165, 1.54) is 193 Å². The number of unbranched alkanes of at least 4 members (excludes halogenated alkanes) is 32. The first kappa shape index (κ1) is 67.8. The van der Waals surface area contributed by atoms with Crippen molar-refractivity contribution in [3.05, 3.63) is 72.9 Å². The standard InChI is InChI=1S/C65H114O6/c1-4-7-10-13-16-19-22-25-28-31-32-35-37-40-43-46-49-52-55-58-64(67)70-61-62(71-65(68)59-56-53-50-47-44-41-38-34-30-27-24-21-18-15-12-9-6-3)60-69-63(66)57-54-51-48-45-42-39-36-33-29-26-23-20-17-14-11-8-5-2/h16,19,25,27-28,30,32,35,40,43,49,52,62H,4-15,17-18,20-24,26,29,31,33-34,36-39,41-42,44-48,50-51,53-61H2,1-3H3/b19-16-,28-25-,30-27-,35-32-,43-40-,52-49-/t62-/m0/s1. The Morgan fingerprint density at radius 1 is 0.282 bits per heavy atom. The van der Waals surface area contributed by atoms with Crippen LogP contribution in [0.2, 0.25) is 0 Å². The molecule has 410 valence electrons. The predicted octanol–water partition coefficient (Wildman–Crippen LogP) is 20.5. The second-order valence-corrected chi connectivity index (χ2v) is 20.3. The summed E-state index contributed by atoms with van der Waals surface area (Å²) in [7, 11) is 0. The second kappa shape index (κ2) is 59.4. The van der Waals surface area contributed by atoms with Gasteiger partial charge in [-0.25, -0.2) is 0 Å². The van der Waals surface area contributed by atoms with Gasteiger partial charge in [-0.1, -0.05) is 273 Å². The van der Waals surface area contributed by atoms with Gasteiger partial charge in [-0.2, -0.15) is 0 Å². The third kappa shape index (κ3) is 57.6. The summed E-state index contributed by atoms with van der Waals surface area (Å²) in [5, 5.41) is 0. The Kier molecular flexibility index (Phi) is 56.8. The van der Waals surface area contributed by atoms with E-state index in [0.717, 1.165) is 64.2 Å². The van der Waals surface area contributed by atoms with Crippen LogP contribution in [0, 0.1) is 0 Å². The number of rotatable bonds is 55. The van der Waals surface area contributed by atoms with Gasteiger partial charge in [0.15, 0.2) is 6.10 Å². The van der Waals surface area contributed by atoms with Crippen LogP contribution in [0.25, 0.3) is 0 Å². The number of hydrogen-bond donors (Lipinski definition) is 0. The average Bonchev–Trinajstić information content (AvgIpc) is 3.37. The maximum Gasteiger partial charge on any atom is 0.306 e. The Labute approximate surface area is 440 Å². The lowest BCUT2D eigenvalue weighted by Gasteiger charge is -2.18. The molecule has 0 fully saturated rings. The third-order valence-electron chi connectivity index (χ3n) is 13.2. The lowest BCUT2D eigenvalue weighted by atomic mass is 10.0. The molecule has 0 aliphatic rings. The monoisotopic (exact) mass is 991 g/mol. The van der Waals surface area contributed by atoms with Gasteiger partial charge in [0.05, 0.1) is 0 Å². The van der Waals surface area contributed by atoms with E-state index in [9.17, 15) is 14.4 Å². The zero-order chi connectivity index (χ0) is 51.4. The Hall–Kier alpha value is -3.15. The van der Waals surface area contributed by atoms with Gasteiger partial charge in [0, 0.05) is 19.3 Å². The van der Waals surface area contributed by atoms with Crippen LogP contribution in [0.15, 0.2) is 72.9 Å². The smallest absolute Gasteiger partial charge is 0.306 e. The van der Waals surface area contributed by atoms with Gasteiger partial charge in [0.2, 0.25) is 0 Å². The number of hydrogen-bond acceptors (Lipinski definition) is 6. The number of esters is 3. The van der Waals surface area contributed by atoms with Crippen molar-refractivity contribution in [2.24, 2.45) is 0 Å². The molecule has 0 radical (unpaired) electrons. The van der Waals surface area contributed by atoms with E-state index in [1.54, 1.807) is 0 Å². The van der Waals surface area contributed by atoms with Crippen molar-refractivity contribution in [3.8, 4) is 0 Å². The Balaban J connectivity index is 4.47. The van der Waals surface area contributed by atoms with E-state index >= 15 is 0 Å². The van der Waals surface area contributed by atoms with E-state index in [-0.39, 0.29) is 37.5 Å². The first-order valence-corrected chi connectivity index (χ1v) is 30.4. The van der Waals surface area contributed by atoms with Crippen molar-refractivity contribution in [2.75, 3.05) is 13.2 Å². The summed E-state index contributed by atoms with van der Waals surface area (Å²) >= 11 is 0. The quantitative estimate of drug-likeness (QED) is 0.0261. The minimum Gasteiger partial charge on any atom is -0.462 e. The molecule has 0 aromatic heterocycles. The van der Waals surface area contributed by atoms with Gasteiger partial charge in [-0.3, -0.25) is 14.4 Å². The van der Waals surface area contributed by atoms with Crippen molar-refractivity contribution >= 4 is 17.9 Å². The summed E-state index contributed by atoms with van der Waals surface area (Å²) in [5.41, 5.74) is 0. The number of allylic oxidation sites excluding steroid dienone is 12. The molecule has 0 amide bonds. The lowest BCUT2D eigenvalue weighted by Crippen LogP contribution is -2.30. The second-order valence-electron chi connectivity index (χ2n) is 20.3. The molecular weight excluding hydrogens is 877 g/mol. The first-order chi connectivity index (χ1) is 35.0. The molecule has 1 atom stereocenters. The van der Waals surface area contributed by atoms with Crippen LogP contribution in [0.1, 0.15) is 303 Å². The SMILES string of the molecule is CCCCC/C=C\C/C=C\C/C=C\C/C=C\C/C=C\CCC(=O)OC[C@H](COC(=O)CCCCCCCCCCCCCCCCCCC)OC(=O)CCCCCCCCC/C=C\CCCCCCCC. The Morgan fingerprint density at radius 2 is 0.535 bits per heavy atom. The van der Waals surface area contributed by atoms with E-state index in [1.807, 2.05) is 6.08 Å². The van der Waals surface area contributed by atoms with Crippen molar-refractivity contribution < 1.29 is 28.6 Å². The van der Waals surface area contributed by atoms with E-state index in [2.05, 4.69) is 87.6 Å². The molecule has 71 heavy (non-hydrogen) atoms. The van der Waals surface area contributed by atoms with Crippen molar-refractivity contribution in [3.63, 3.8) is 0 Å².